The molecular weight excluding hydrogens is 148 g/mol. The van der Waals surface area contributed by atoms with Crippen LogP contribution < -0.4 is 11.3 Å². The minimum Gasteiger partial charge on any atom is -0.501 e. The molecule has 1 unspecified atom stereocenters. The maximum atomic E-state index is 10.9. The summed E-state index contributed by atoms with van der Waals surface area (Å²) in [4.78, 5) is 10.9. The van der Waals surface area contributed by atoms with E-state index in [-0.39, 0.29) is 6.42 Å². The Labute approximate surface area is 63.8 Å². The molecule has 5 heteroatoms. The van der Waals surface area contributed by atoms with Crippen LogP contribution in [0.1, 0.15) is 6.42 Å². The zero-order valence-electron chi connectivity index (χ0n) is 5.91. The minimum absolute atomic E-state index is 0.229. The quantitative estimate of drug-likeness (QED) is 0.250. The fourth-order valence-corrected chi connectivity index (χ4v) is 0.841. The van der Waals surface area contributed by atoms with Gasteiger partial charge in [-0.3, -0.25) is 10.2 Å². The number of carbonyl (C=O) groups is 1. The average molecular weight is 158 g/mol. The zero-order valence-corrected chi connectivity index (χ0v) is 5.91. The van der Waals surface area contributed by atoms with Crippen molar-refractivity contribution in [1.29, 1.82) is 0 Å². The molecule has 0 radical (unpaired) electrons. The summed E-state index contributed by atoms with van der Waals surface area (Å²) < 4.78 is 4.80. The van der Waals surface area contributed by atoms with E-state index >= 15 is 0 Å². The van der Waals surface area contributed by atoms with Gasteiger partial charge in [0.15, 0.2) is 5.60 Å². The van der Waals surface area contributed by atoms with Gasteiger partial charge < -0.3 is 9.84 Å². The topological polar surface area (TPSA) is 84.6 Å². The van der Waals surface area contributed by atoms with E-state index in [0.29, 0.717) is 6.61 Å². The summed E-state index contributed by atoms with van der Waals surface area (Å²) in [6, 6.07) is 0. The molecule has 1 rings (SSSR count). The standard InChI is InChI=1S/C6H10N2O3/c7-8-5(9)6(10)1-3-11-4-2-6/h1,3,10H,2,4,7H2,(H,8,9). The van der Waals surface area contributed by atoms with Crippen LogP contribution in [0.4, 0.5) is 0 Å². The number of ether oxygens (including phenoxy) is 1. The van der Waals surface area contributed by atoms with Gasteiger partial charge in [0.25, 0.3) is 5.91 Å². The molecule has 1 aliphatic rings. The van der Waals surface area contributed by atoms with Crippen molar-refractivity contribution in [3.63, 3.8) is 0 Å². The van der Waals surface area contributed by atoms with Crippen LogP contribution in [0, 0.1) is 0 Å². The molecule has 0 aliphatic carbocycles. The maximum Gasteiger partial charge on any atom is 0.270 e. The third-order valence-corrected chi connectivity index (χ3v) is 1.57. The van der Waals surface area contributed by atoms with Gasteiger partial charge in [-0.05, 0) is 6.08 Å². The number of hydrazine groups is 1. The van der Waals surface area contributed by atoms with Crippen molar-refractivity contribution in [2.24, 2.45) is 5.84 Å². The number of rotatable bonds is 1. The molecule has 62 valence electrons. The number of nitrogens with one attached hydrogen (secondary N) is 1. The Balaban J connectivity index is 2.71. The van der Waals surface area contributed by atoms with Crippen molar-refractivity contribution < 1.29 is 14.6 Å². The number of hydrogen-bond acceptors (Lipinski definition) is 4. The molecule has 1 amide bonds. The Morgan fingerprint density at radius 1 is 1.82 bits per heavy atom. The molecule has 0 saturated carbocycles. The van der Waals surface area contributed by atoms with Gasteiger partial charge in [-0.1, -0.05) is 0 Å². The lowest BCUT2D eigenvalue weighted by Crippen LogP contribution is -2.49. The van der Waals surface area contributed by atoms with Crippen LogP contribution in [0.5, 0.6) is 0 Å². The van der Waals surface area contributed by atoms with E-state index in [1.54, 1.807) is 0 Å². The maximum absolute atomic E-state index is 10.9. The second-order valence-corrected chi connectivity index (χ2v) is 2.32. The van der Waals surface area contributed by atoms with Gasteiger partial charge in [0.2, 0.25) is 0 Å². The summed E-state index contributed by atoms with van der Waals surface area (Å²) in [7, 11) is 0. The zero-order chi connectivity index (χ0) is 8.32. The second kappa shape index (κ2) is 2.89. The van der Waals surface area contributed by atoms with Gasteiger partial charge in [0, 0.05) is 6.42 Å². The highest BCUT2D eigenvalue weighted by molar-refractivity contribution is 5.86. The molecule has 0 fully saturated rings. The van der Waals surface area contributed by atoms with Crippen LogP contribution in [0.2, 0.25) is 0 Å². The van der Waals surface area contributed by atoms with Gasteiger partial charge in [-0.25, -0.2) is 5.84 Å². The molecular formula is C6H10N2O3. The molecule has 0 aromatic heterocycles. The van der Waals surface area contributed by atoms with Crippen LogP contribution in [0.25, 0.3) is 0 Å². The normalized spacial score (nSPS) is 29.3. The summed E-state index contributed by atoms with van der Waals surface area (Å²) >= 11 is 0. The van der Waals surface area contributed by atoms with Crippen molar-refractivity contribution >= 4 is 5.91 Å². The van der Waals surface area contributed by atoms with E-state index in [0.717, 1.165) is 0 Å². The summed E-state index contributed by atoms with van der Waals surface area (Å²) in [6.07, 6.45) is 2.80. The molecule has 11 heavy (non-hydrogen) atoms. The number of nitrogens with two attached hydrogens (primary N) is 1. The number of hydrogen-bond donors (Lipinski definition) is 3. The third kappa shape index (κ3) is 1.50. The van der Waals surface area contributed by atoms with Crippen LogP contribution in [-0.4, -0.2) is 23.2 Å². The molecule has 0 bridgehead atoms. The minimum atomic E-state index is -1.49. The Hall–Kier alpha value is -1.07. The predicted molar refractivity (Wildman–Crippen MR) is 37.0 cm³/mol. The smallest absolute Gasteiger partial charge is 0.270 e. The first-order valence-electron chi connectivity index (χ1n) is 3.22. The monoisotopic (exact) mass is 158 g/mol. The van der Waals surface area contributed by atoms with Gasteiger partial charge in [0.05, 0.1) is 12.9 Å². The van der Waals surface area contributed by atoms with Crippen molar-refractivity contribution in [3.05, 3.63) is 12.3 Å². The first-order valence-corrected chi connectivity index (χ1v) is 3.22. The molecule has 1 heterocycles. The first kappa shape index (κ1) is 8.03. The van der Waals surface area contributed by atoms with Gasteiger partial charge >= 0.3 is 0 Å². The summed E-state index contributed by atoms with van der Waals surface area (Å²) in [5.74, 6) is 4.24. The van der Waals surface area contributed by atoms with E-state index in [4.69, 9.17) is 10.6 Å². The van der Waals surface area contributed by atoms with Crippen molar-refractivity contribution in [2.45, 2.75) is 12.0 Å². The molecule has 0 saturated heterocycles. The van der Waals surface area contributed by atoms with E-state index in [9.17, 15) is 9.90 Å². The fraction of sp³-hybridized carbons (Fsp3) is 0.500. The molecule has 4 N–H and O–H groups in total. The SMILES string of the molecule is NNC(=O)C1(O)C=COCC1. The Morgan fingerprint density at radius 2 is 2.55 bits per heavy atom. The fourth-order valence-electron chi connectivity index (χ4n) is 0.841. The number of aliphatic hydroxyl groups is 1. The Bertz CT molecular complexity index is 192. The largest absolute Gasteiger partial charge is 0.501 e. The lowest BCUT2D eigenvalue weighted by atomic mass is 9.98. The lowest BCUT2D eigenvalue weighted by molar-refractivity contribution is -0.137. The summed E-state index contributed by atoms with van der Waals surface area (Å²) in [5, 5.41) is 9.48. The van der Waals surface area contributed by atoms with E-state index in [1.807, 2.05) is 5.43 Å². The second-order valence-electron chi connectivity index (χ2n) is 2.32. The highest BCUT2D eigenvalue weighted by Gasteiger charge is 2.34. The lowest BCUT2D eigenvalue weighted by Gasteiger charge is -2.24. The number of amides is 1. The molecule has 0 aromatic rings. The molecule has 1 aliphatic heterocycles. The van der Waals surface area contributed by atoms with Crippen LogP contribution in [-0.2, 0) is 9.53 Å². The van der Waals surface area contributed by atoms with Crippen molar-refractivity contribution in [3.8, 4) is 0 Å². The van der Waals surface area contributed by atoms with Crippen LogP contribution >= 0.6 is 0 Å². The van der Waals surface area contributed by atoms with E-state index in [2.05, 4.69) is 0 Å². The average Bonchev–Trinajstić information content (AvgIpc) is 2.04. The van der Waals surface area contributed by atoms with Gasteiger partial charge in [-0.2, -0.15) is 0 Å². The van der Waals surface area contributed by atoms with Crippen molar-refractivity contribution in [2.75, 3.05) is 6.61 Å². The molecule has 0 spiro atoms. The molecule has 5 nitrogen and oxygen atoms in total. The molecule has 1 atom stereocenters. The highest BCUT2D eigenvalue weighted by atomic mass is 16.5. The number of carbonyl (C=O) groups excluding carboxylic acids is 1. The predicted octanol–water partition coefficient (Wildman–Crippen LogP) is -1.36. The summed E-state index contributed by atoms with van der Waals surface area (Å²) in [5.41, 5.74) is 0.386. The third-order valence-electron chi connectivity index (χ3n) is 1.57. The Kier molecular flexibility index (Phi) is 2.11. The van der Waals surface area contributed by atoms with E-state index in [1.165, 1.54) is 12.3 Å². The van der Waals surface area contributed by atoms with Crippen LogP contribution in [0.15, 0.2) is 12.3 Å². The van der Waals surface area contributed by atoms with Crippen LogP contribution in [0.3, 0.4) is 0 Å². The van der Waals surface area contributed by atoms with Crippen molar-refractivity contribution in [1.82, 2.24) is 5.43 Å². The summed E-state index contributed by atoms with van der Waals surface area (Å²) in [6.45, 7) is 0.320. The van der Waals surface area contributed by atoms with Gasteiger partial charge in [-0.15, -0.1) is 0 Å². The highest BCUT2D eigenvalue weighted by Crippen LogP contribution is 2.16. The first-order chi connectivity index (χ1) is 5.19. The Morgan fingerprint density at radius 3 is 3.00 bits per heavy atom. The van der Waals surface area contributed by atoms with E-state index < -0.39 is 11.5 Å². The molecule has 0 aromatic carbocycles. The van der Waals surface area contributed by atoms with Gasteiger partial charge in [0.1, 0.15) is 0 Å².